The molecule has 7 nitrogen and oxygen atoms in total. The molecule has 0 saturated heterocycles. The van der Waals surface area contributed by atoms with Gasteiger partial charge in [0.2, 0.25) is 0 Å². The summed E-state index contributed by atoms with van der Waals surface area (Å²) in [5.74, 6) is 1.87. The van der Waals surface area contributed by atoms with Crippen molar-refractivity contribution in [3.05, 3.63) is 28.2 Å². The predicted molar refractivity (Wildman–Crippen MR) is 87.0 cm³/mol. The zero-order valence-corrected chi connectivity index (χ0v) is 13.7. The number of hydrogen-bond acceptors (Lipinski definition) is 5. The van der Waals surface area contributed by atoms with Crippen LogP contribution in [0.3, 0.4) is 0 Å². The quantitative estimate of drug-likeness (QED) is 0.648. The standard InChI is InChI=1S/C14H21N7S/c1-3-13-19-11(8-22-13)6-16-14(15-2)20-10-4-5-12-17-9-18-21(12)7-10/h8-10H,3-7H2,1-2H3,(H2,15,16,20). The maximum Gasteiger partial charge on any atom is 0.191 e. The van der Waals surface area contributed by atoms with Gasteiger partial charge in [-0.2, -0.15) is 5.10 Å². The summed E-state index contributed by atoms with van der Waals surface area (Å²) < 4.78 is 1.96. The normalized spacial score (nSPS) is 18.1. The summed E-state index contributed by atoms with van der Waals surface area (Å²) in [6.07, 6.45) is 4.59. The van der Waals surface area contributed by atoms with E-state index in [-0.39, 0.29) is 0 Å². The molecule has 3 heterocycles. The lowest BCUT2D eigenvalue weighted by Crippen LogP contribution is -2.46. The van der Waals surface area contributed by atoms with Crippen LogP contribution < -0.4 is 10.6 Å². The number of nitrogens with zero attached hydrogens (tertiary/aromatic N) is 5. The summed E-state index contributed by atoms with van der Waals surface area (Å²) in [5, 5.41) is 14.3. The molecule has 8 heteroatoms. The Morgan fingerprint density at radius 3 is 3.23 bits per heavy atom. The number of aryl methyl sites for hydroxylation is 2. The molecule has 22 heavy (non-hydrogen) atoms. The summed E-state index contributed by atoms with van der Waals surface area (Å²) in [4.78, 5) is 13.1. The zero-order valence-electron chi connectivity index (χ0n) is 12.9. The average Bonchev–Trinajstić information content (AvgIpc) is 3.19. The molecule has 0 saturated carbocycles. The molecule has 1 aliphatic rings. The molecular weight excluding hydrogens is 298 g/mol. The Balaban J connectivity index is 1.52. The number of hydrogen-bond donors (Lipinski definition) is 2. The molecule has 1 unspecified atom stereocenters. The number of thiazole rings is 1. The highest BCUT2D eigenvalue weighted by Gasteiger charge is 2.20. The molecule has 0 aromatic carbocycles. The van der Waals surface area contributed by atoms with Gasteiger partial charge in [-0.05, 0) is 12.8 Å². The molecular formula is C14H21N7S. The highest BCUT2D eigenvalue weighted by atomic mass is 32.1. The van der Waals surface area contributed by atoms with Gasteiger partial charge in [-0.15, -0.1) is 11.3 Å². The second-order valence-corrected chi connectivity index (χ2v) is 6.19. The van der Waals surface area contributed by atoms with Crippen LogP contribution in [0.25, 0.3) is 0 Å². The Morgan fingerprint density at radius 2 is 2.45 bits per heavy atom. The van der Waals surface area contributed by atoms with E-state index in [2.05, 4.69) is 43.0 Å². The van der Waals surface area contributed by atoms with Crippen molar-refractivity contribution >= 4 is 17.3 Å². The summed E-state index contributed by atoms with van der Waals surface area (Å²) >= 11 is 1.71. The number of rotatable bonds is 4. The molecule has 0 fully saturated rings. The van der Waals surface area contributed by atoms with Crippen molar-refractivity contribution < 1.29 is 0 Å². The van der Waals surface area contributed by atoms with Crippen molar-refractivity contribution in [3.8, 4) is 0 Å². The molecule has 2 aromatic rings. The second kappa shape index (κ2) is 6.87. The minimum atomic E-state index is 0.321. The van der Waals surface area contributed by atoms with Crippen LogP contribution in [-0.2, 0) is 25.9 Å². The van der Waals surface area contributed by atoms with Crippen LogP contribution in [0.5, 0.6) is 0 Å². The third-order valence-corrected chi connectivity index (χ3v) is 4.75. The molecule has 0 radical (unpaired) electrons. The van der Waals surface area contributed by atoms with Crippen LogP contribution in [0.2, 0.25) is 0 Å². The number of nitrogens with one attached hydrogen (secondary N) is 2. The second-order valence-electron chi connectivity index (χ2n) is 5.25. The van der Waals surface area contributed by atoms with Crippen LogP contribution >= 0.6 is 11.3 Å². The van der Waals surface area contributed by atoms with Gasteiger partial charge in [-0.1, -0.05) is 6.92 Å². The van der Waals surface area contributed by atoms with Crippen LogP contribution in [0.1, 0.15) is 29.9 Å². The minimum absolute atomic E-state index is 0.321. The number of aliphatic imine (C=N–C) groups is 1. The van der Waals surface area contributed by atoms with Crippen molar-refractivity contribution in [2.45, 2.75) is 45.3 Å². The maximum atomic E-state index is 4.56. The van der Waals surface area contributed by atoms with Gasteiger partial charge >= 0.3 is 0 Å². The van der Waals surface area contributed by atoms with Crippen LogP contribution in [0.15, 0.2) is 16.7 Å². The zero-order chi connectivity index (χ0) is 15.4. The first-order chi connectivity index (χ1) is 10.8. The van der Waals surface area contributed by atoms with Crippen LogP contribution in [-0.4, -0.2) is 38.8 Å². The molecule has 0 bridgehead atoms. The monoisotopic (exact) mass is 319 g/mol. The number of aromatic nitrogens is 4. The molecule has 3 rings (SSSR count). The third-order valence-electron chi connectivity index (χ3n) is 3.71. The Labute approximate surface area is 133 Å². The van der Waals surface area contributed by atoms with Crippen molar-refractivity contribution in [2.24, 2.45) is 4.99 Å². The van der Waals surface area contributed by atoms with Gasteiger partial charge in [-0.3, -0.25) is 4.99 Å². The van der Waals surface area contributed by atoms with Gasteiger partial charge in [0.25, 0.3) is 0 Å². The minimum Gasteiger partial charge on any atom is -0.352 e. The Hall–Kier alpha value is -1.96. The topological polar surface area (TPSA) is 80.0 Å². The number of fused-ring (bicyclic) bond motifs is 1. The first-order valence-corrected chi connectivity index (χ1v) is 8.43. The fourth-order valence-corrected chi connectivity index (χ4v) is 3.25. The van der Waals surface area contributed by atoms with E-state index in [9.17, 15) is 0 Å². The molecule has 2 N–H and O–H groups in total. The van der Waals surface area contributed by atoms with Crippen molar-refractivity contribution in [1.29, 1.82) is 0 Å². The van der Waals surface area contributed by atoms with E-state index < -0.39 is 0 Å². The van der Waals surface area contributed by atoms with Gasteiger partial charge in [0.05, 0.1) is 23.8 Å². The van der Waals surface area contributed by atoms with E-state index in [4.69, 9.17) is 0 Å². The maximum absolute atomic E-state index is 4.56. The summed E-state index contributed by atoms with van der Waals surface area (Å²) in [6.45, 7) is 3.64. The molecule has 0 amide bonds. The van der Waals surface area contributed by atoms with Crippen molar-refractivity contribution in [3.63, 3.8) is 0 Å². The first-order valence-electron chi connectivity index (χ1n) is 7.55. The first kappa shape index (κ1) is 15.0. The molecule has 118 valence electrons. The van der Waals surface area contributed by atoms with E-state index in [0.717, 1.165) is 43.3 Å². The van der Waals surface area contributed by atoms with Crippen molar-refractivity contribution in [1.82, 2.24) is 30.4 Å². The average molecular weight is 319 g/mol. The lowest BCUT2D eigenvalue weighted by atomic mass is 10.1. The summed E-state index contributed by atoms with van der Waals surface area (Å²) in [5.41, 5.74) is 1.06. The fourth-order valence-electron chi connectivity index (χ4n) is 2.51. The SMILES string of the molecule is CCc1nc(CNC(=NC)NC2CCc3ncnn3C2)cs1. The van der Waals surface area contributed by atoms with E-state index in [0.29, 0.717) is 12.6 Å². The Morgan fingerprint density at radius 1 is 1.55 bits per heavy atom. The highest BCUT2D eigenvalue weighted by Crippen LogP contribution is 2.12. The summed E-state index contributed by atoms with van der Waals surface area (Å²) in [7, 11) is 1.79. The number of guanidine groups is 1. The van der Waals surface area contributed by atoms with Crippen LogP contribution in [0, 0.1) is 0 Å². The van der Waals surface area contributed by atoms with Gasteiger partial charge in [-0.25, -0.2) is 14.6 Å². The Kier molecular flexibility index (Phi) is 4.67. The van der Waals surface area contributed by atoms with E-state index in [1.54, 1.807) is 24.7 Å². The van der Waals surface area contributed by atoms with Gasteiger partial charge < -0.3 is 10.6 Å². The molecule has 0 aliphatic carbocycles. The largest absolute Gasteiger partial charge is 0.352 e. The molecule has 2 aromatic heterocycles. The van der Waals surface area contributed by atoms with E-state index in [1.165, 1.54) is 5.01 Å². The molecule has 0 spiro atoms. The summed E-state index contributed by atoms with van der Waals surface area (Å²) in [6, 6.07) is 0.321. The fraction of sp³-hybridized carbons (Fsp3) is 0.571. The van der Waals surface area contributed by atoms with Gasteiger partial charge in [0.1, 0.15) is 12.2 Å². The van der Waals surface area contributed by atoms with Crippen molar-refractivity contribution in [2.75, 3.05) is 7.05 Å². The smallest absolute Gasteiger partial charge is 0.191 e. The highest BCUT2D eigenvalue weighted by molar-refractivity contribution is 7.09. The lowest BCUT2D eigenvalue weighted by molar-refractivity contribution is 0.392. The lowest BCUT2D eigenvalue weighted by Gasteiger charge is -2.25. The van der Waals surface area contributed by atoms with Crippen LogP contribution in [0.4, 0.5) is 0 Å². The van der Waals surface area contributed by atoms with E-state index in [1.807, 2.05) is 4.68 Å². The van der Waals surface area contributed by atoms with Gasteiger partial charge in [0.15, 0.2) is 5.96 Å². The predicted octanol–water partition coefficient (Wildman–Crippen LogP) is 0.977. The third kappa shape index (κ3) is 3.44. The van der Waals surface area contributed by atoms with E-state index >= 15 is 0 Å². The van der Waals surface area contributed by atoms with Gasteiger partial charge in [0, 0.05) is 24.9 Å². The molecule has 1 aliphatic heterocycles. The Bertz CT molecular complexity index is 645. The molecule has 1 atom stereocenters.